The molecule has 148 valence electrons. The molecule has 4 N–H and O–H groups in total. The van der Waals surface area contributed by atoms with Gasteiger partial charge in [-0.2, -0.15) is 0 Å². The van der Waals surface area contributed by atoms with Crippen LogP contribution in [-0.4, -0.2) is 63.5 Å². The van der Waals surface area contributed by atoms with E-state index in [0.717, 1.165) is 10.5 Å². The maximum atomic E-state index is 12.5. The number of aliphatic hydroxyl groups is 1. The second-order valence-corrected chi connectivity index (χ2v) is 7.19. The molecule has 1 aliphatic rings. The summed E-state index contributed by atoms with van der Waals surface area (Å²) in [4.78, 5) is 25.6. The van der Waals surface area contributed by atoms with Crippen LogP contribution in [0.3, 0.4) is 0 Å². The van der Waals surface area contributed by atoms with Gasteiger partial charge in [0.15, 0.2) is 0 Å². The normalized spacial score (nSPS) is 24.7. The molecule has 1 aliphatic heterocycles. The molecule has 27 heavy (non-hydrogen) atoms. The molecule has 0 radical (unpaired) electrons. The lowest BCUT2D eigenvalue weighted by Crippen LogP contribution is -2.48. The van der Waals surface area contributed by atoms with Gasteiger partial charge in [0, 0.05) is 24.5 Å². The van der Waals surface area contributed by atoms with Crippen LogP contribution in [0.1, 0.15) is 25.3 Å². The molecular weight excluding hydrogens is 353 g/mol. The smallest absolute Gasteiger partial charge is 0.451 e. The van der Waals surface area contributed by atoms with E-state index in [-0.39, 0.29) is 26.1 Å². The zero-order valence-corrected chi connectivity index (χ0v) is 15.3. The third kappa shape index (κ3) is 5.00. The second-order valence-electron chi connectivity index (χ2n) is 7.19. The van der Waals surface area contributed by atoms with Gasteiger partial charge >= 0.3 is 19.2 Å². The fourth-order valence-electron chi connectivity index (χ4n) is 3.80. The van der Waals surface area contributed by atoms with Crippen LogP contribution in [-0.2, 0) is 16.1 Å². The van der Waals surface area contributed by atoms with Crippen LogP contribution in [0, 0.1) is 11.3 Å². The third-order valence-corrected chi connectivity index (χ3v) is 5.36. The summed E-state index contributed by atoms with van der Waals surface area (Å²) in [5, 5.41) is 37.6. The van der Waals surface area contributed by atoms with Crippen molar-refractivity contribution >= 4 is 19.2 Å². The number of rotatable bonds is 8. The number of likely N-dealkylation sites (tertiary alicyclic amines) is 1. The van der Waals surface area contributed by atoms with Crippen LogP contribution in [0.15, 0.2) is 30.3 Å². The molecule has 1 heterocycles. The lowest BCUT2D eigenvalue weighted by molar-refractivity contribution is -0.145. The van der Waals surface area contributed by atoms with Crippen LogP contribution in [0.25, 0.3) is 0 Å². The Bertz CT molecular complexity index is 642. The number of hydrogen-bond acceptors (Lipinski definition) is 6. The maximum Gasteiger partial charge on any atom is 0.451 e. The number of benzene rings is 1. The Morgan fingerprint density at radius 2 is 1.96 bits per heavy atom. The van der Waals surface area contributed by atoms with Gasteiger partial charge in [-0.1, -0.05) is 43.7 Å². The third-order valence-electron chi connectivity index (χ3n) is 5.36. The highest BCUT2D eigenvalue weighted by Crippen LogP contribution is 2.45. The second kappa shape index (κ2) is 9.21. The molecule has 1 fully saturated rings. The number of amides is 1. The van der Waals surface area contributed by atoms with E-state index < -0.39 is 36.6 Å². The molecule has 0 unspecified atom stereocenters. The summed E-state index contributed by atoms with van der Waals surface area (Å²) in [6.07, 6.45) is 0.0467. The van der Waals surface area contributed by atoms with Gasteiger partial charge < -0.3 is 25.0 Å². The average Bonchev–Trinajstić information content (AvgIpc) is 2.93. The predicted octanol–water partition coefficient (Wildman–Crippen LogP) is 0.960. The minimum absolute atomic E-state index is 0.0275. The van der Waals surface area contributed by atoms with E-state index >= 15 is 0 Å². The molecule has 0 bridgehead atoms. The lowest BCUT2D eigenvalue weighted by Gasteiger charge is -2.34. The van der Waals surface area contributed by atoms with E-state index in [9.17, 15) is 19.8 Å². The first-order chi connectivity index (χ1) is 12.8. The summed E-state index contributed by atoms with van der Waals surface area (Å²) in [7, 11) is -1.47. The molecule has 0 saturated carbocycles. The number of ether oxygens (including phenoxy) is 1. The molecular formula is C18H26BNO7. The van der Waals surface area contributed by atoms with Gasteiger partial charge in [0.05, 0.1) is 0 Å². The Morgan fingerprint density at radius 1 is 1.30 bits per heavy atom. The van der Waals surface area contributed by atoms with Crippen molar-refractivity contribution in [2.24, 2.45) is 11.3 Å². The number of nitrogens with zero attached hydrogens (tertiary/aromatic N) is 1. The van der Waals surface area contributed by atoms with Crippen molar-refractivity contribution < 1.29 is 34.6 Å². The molecule has 9 heteroatoms. The standard InChI is InChI=1S/C18H26BNO7/c1-18(8-5-9-19(25)26)14(11-21)10-20(15(18)16(22)23)17(24)27-12-13-6-3-2-4-7-13/h2-4,6-7,14-15,21,25-26H,5,8-12H2,1H3,(H,22,23)/t14-,15-,18-/m1/s1. The van der Waals surface area contributed by atoms with Crippen molar-refractivity contribution in [2.75, 3.05) is 13.2 Å². The molecule has 1 saturated heterocycles. The Labute approximate surface area is 158 Å². The van der Waals surface area contributed by atoms with E-state index in [4.69, 9.17) is 14.8 Å². The van der Waals surface area contributed by atoms with Crippen molar-refractivity contribution in [1.82, 2.24) is 4.90 Å². The highest BCUT2D eigenvalue weighted by Gasteiger charge is 2.56. The fraction of sp³-hybridized carbons (Fsp3) is 0.556. The molecule has 0 aliphatic carbocycles. The molecule has 1 amide bonds. The highest BCUT2D eigenvalue weighted by molar-refractivity contribution is 6.40. The summed E-state index contributed by atoms with van der Waals surface area (Å²) in [6.45, 7) is 1.53. The van der Waals surface area contributed by atoms with Crippen molar-refractivity contribution in [3.8, 4) is 0 Å². The molecule has 8 nitrogen and oxygen atoms in total. The molecule has 3 atom stereocenters. The number of aliphatic carboxylic acids is 1. The van der Waals surface area contributed by atoms with Gasteiger partial charge in [-0.3, -0.25) is 4.90 Å². The fourth-order valence-corrected chi connectivity index (χ4v) is 3.80. The van der Waals surface area contributed by atoms with Gasteiger partial charge in [0.2, 0.25) is 0 Å². The van der Waals surface area contributed by atoms with Gasteiger partial charge in [0.1, 0.15) is 12.6 Å². The molecule has 1 aromatic rings. The molecule has 0 spiro atoms. The van der Waals surface area contributed by atoms with Crippen LogP contribution >= 0.6 is 0 Å². The van der Waals surface area contributed by atoms with E-state index in [1.807, 2.05) is 18.2 Å². The van der Waals surface area contributed by atoms with Crippen LogP contribution in [0.2, 0.25) is 6.32 Å². The van der Waals surface area contributed by atoms with Crippen LogP contribution in [0.5, 0.6) is 0 Å². The largest absolute Gasteiger partial charge is 0.480 e. The van der Waals surface area contributed by atoms with E-state index in [1.54, 1.807) is 19.1 Å². The van der Waals surface area contributed by atoms with Crippen molar-refractivity contribution in [3.05, 3.63) is 35.9 Å². The van der Waals surface area contributed by atoms with Gasteiger partial charge in [-0.05, 0) is 18.3 Å². The monoisotopic (exact) mass is 379 g/mol. The van der Waals surface area contributed by atoms with Gasteiger partial charge in [-0.25, -0.2) is 9.59 Å². The van der Waals surface area contributed by atoms with Crippen LogP contribution < -0.4 is 0 Å². The van der Waals surface area contributed by atoms with Crippen molar-refractivity contribution in [3.63, 3.8) is 0 Å². The van der Waals surface area contributed by atoms with Crippen LogP contribution in [0.4, 0.5) is 4.79 Å². The Morgan fingerprint density at radius 3 is 2.52 bits per heavy atom. The van der Waals surface area contributed by atoms with E-state index in [1.165, 1.54) is 0 Å². The highest BCUT2D eigenvalue weighted by atomic mass is 16.6. The lowest BCUT2D eigenvalue weighted by atomic mass is 9.69. The maximum absolute atomic E-state index is 12.5. The topological polar surface area (TPSA) is 128 Å². The average molecular weight is 379 g/mol. The summed E-state index contributed by atoms with van der Waals surface area (Å²) in [6, 6.07) is 7.90. The number of aliphatic hydroxyl groups excluding tert-OH is 1. The Balaban J connectivity index is 2.12. The summed E-state index contributed by atoms with van der Waals surface area (Å²) >= 11 is 0. The predicted molar refractivity (Wildman–Crippen MR) is 97.7 cm³/mol. The summed E-state index contributed by atoms with van der Waals surface area (Å²) in [5.41, 5.74) is -0.114. The minimum Gasteiger partial charge on any atom is -0.480 e. The summed E-state index contributed by atoms with van der Waals surface area (Å²) < 4.78 is 5.28. The quantitative estimate of drug-likeness (QED) is 0.496. The zero-order chi connectivity index (χ0) is 20.0. The van der Waals surface area contributed by atoms with E-state index in [0.29, 0.717) is 12.8 Å². The number of carboxylic acids is 1. The Hall–Kier alpha value is -2.10. The Kier molecular flexibility index (Phi) is 7.23. The van der Waals surface area contributed by atoms with E-state index in [2.05, 4.69) is 0 Å². The van der Waals surface area contributed by atoms with Crippen molar-refractivity contribution in [2.45, 2.75) is 38.7 Å². The minimum atomic E-state index is -1.47. The molecule has 2 rings (SSSR count). The number of carboxylic acid groups (broad SMARTS) is 1. The van der Waals surface area contributed by atoms with Gasteiger partial charge in [0.25, 0.3) is 0 Å². The number of carbonyl (C=O) groups is 2. The molecule has 1 aromatic carbocycles. The first-order valence-corrected chi connectivity index (χ1v) is 8.96. The molecule has 0 aromatic heterocycles. The number of carbonyl (C=O) groups excluding carboxylic acids is 1. The SMILES string of the molecule is C[C@@]1(CCCB(O)O)[C@@H](CO)CN(C(=O)OCc2ccccc2)[C@@H]1C(=O)O. The van der Waals surface area contributed by atoms with Crippen molar-refractivity contribution in [1.29, 1.82) is 0 Å². The zero-order valence-electron chi connectivity index (χ0n) is 15.3. The van der Waals surface area contributed by atoms with Gasteiger partial charge in [-0.15, -0.1) is 0 Å². The first-order valence-electron chi connectivity index (χ1n) is 8.96. The summed E-state index contributed by atoms with van der Waals surface area (Å²) in [5.74, 6) is -1.62. The first kappa shape index (κ1) is 21.2. The number of hydrogen-bond donors (Lipinski definition) is 4.